The first kappa shape index (κ1) is 28.3. The SMILES string of the molecule is CN(C)CCNC(=O)c1cnc2c(c1)n(C)c(=O)c(=O)n2C1CCN(Cc2ccc(OC(F)(F)F)cc2)CC1. The summed E-state index contributed by atoms with van der Waals surface area (Å²) in [6.07, 6.45) is -2.17. The lowest BCUT2D eigenvalue weighted by Crippen LogP contribution is -2.45. The number of hydrogen-bond donors (Lipinski definition) is 1. The number of amides is 1. The number of halogens is 3. The van der Waals surface area contributed by atoms with Gasteiger partial charge < -0.3 is 19.5 Å². The Bertz CT molecular complexity index is 1440. The van der Waals surface area contributed by atoms with Crippen molar-refractivity contribution < 1.29 is 22.7 Å². The summed E-state index contributed by atoms with van der Waals surface area (Å²) in [6.45, 7) is 2.87. The molecule has 1 saturated heterocycles. The van der Waals surface area contributed by atoms with Crippen molar-refractivity contribution in [3.8, 4) is 5.75 Å². The molecule has 1 amide bonds. The topological polar surface area (TPSA) is 102 Å². The Kier molecular flexibility index (Phi) is 8.40. The van der Waals surface area contributed by atoms with Crippen LogP contribution in [0, 0.1) is 0 Å². The third-order valence-electron chi connectivity index (χ3n) is 6.74. The first-order chi connectivity index (χ1) is 18.4. The van der Waals surface area contributed by atoms with Gasteiger partial charge in [0.1, 0.15) is 5.75 Å². The molecule has 4 rings (SSSR count). The van der Waals surface area contributed by atoms with Crippen LogP contribution in [0.15, 0.2) is 46.1 Å². The fraction of sp³-hybridized carbons (Fsp3) is 0.462. The molecular formula is C26H31F3N6O4. The van der Waals surface area contributed by atoms with E-state index in [0.29, 0.717) is 62.3 Å². The fourth-order valence-electron chi connectivity index (χ4n) is 4.68. The molecule has 39 heavy (non-hydrogen) atoms. The lowest BCUT2D eigenvalue weighted by Gasteiger charge is -2.33. The van der Waals surface area contributed by atoms with Crippen molar-refractivity contribution in [3.05, 3.63) is 68.4 Å². The number of nitrogens with zero attached hydrogens (tertiary/aromatic N) is 5. The maximum Gasteiger partial charge on any atom is 0.573 e. The maximum atomic E-state index is 13.0. The van der Waals surface area contributed by atoms with Crippen LogP contribution < -0.4 is 21.2 Å². The van der Waals surface area contributed by atoms with Gasteiger partial charge >= 0.3 is 17.5 Å². The molecule has 10 nitrogen and oxygen atoms in total. The molecule has 0 saturated carbocycles. The number of hydrogen-bond acceptors (Lipinski definition) is 7. The van der Waals surface area contributed by atoms with Gasteiger partial charge in [0.15, 0.2) is 5.65 Å². The third-order valence-corrected chi connectivity index (χ3v) is 6.74. The third kappa shape index (κ3) is 6.84. The van der Waals surface area contributed by atoms with Crippen molar-refractivity contribution in [2.75, 3.05) is 40.3 Å². The molecule has 0 atom stereocenters. The first-order valence-corrected chi connectivity index (χ1v) is 12.5. The van der Waals surface area contributed by atoms with Gasteiger partial charge in [0.25, 0.3) is 5.91 Å². The number of ether oxygens (including phenoxy) is 1. The Morgan fingerprint density at radius 3 is 2.41 bits per heavy atom. The number of likely N-dealkylation sites (N-methyl/N-ethyl adjacent to an activating group) is 1. The highest BCUT2D eigenvalue weighted by Crippen LogP contribution is 2.26. The predicted molar refractivity (Wildman–Crippen MR) is 139 cm³/mol. The van der Waals surface area contributed by atoms with E-state index in [9.17, 15) is 27.6 Å². The van der Waals surface area contributed by atoms with Crippen molar-refractivity contribution in [2.24, 2.45) is 7.05 Å². The predicted octanol–water partition coefficient (Wildman–Crippen LogP) is 2.12. The average molecular weight is 549 g/mol. The van der Waals surface area contributed by atoms with Gasteiger partial charge in [-0.1, -0.05) is 12.1 Å². The lowest BCUT2D eigenvalue weighted by atomic mass is 10.0. The molecule has 1 aromatic carbocycles. The van der Waals surface area contributed by atoms with Crippen molar-refractivity contribution in [3.63, 3.8) is 0 Å². The van der Waals surface area contributed by atoms with Gasteiger partial charge in [0.05, 0.1) is 11.1 Å². The normalized spacial score (nSPS) is 15.2. The van der Waals surface area contributed by atoms with Gasteiger partial charge in [-0.25, -0.2) is 4.98 Å². The number of likely N-dealkylation sites (tertiary alicyclic amines) is 1. The van der Waals surface area contributed by atoms with Gasteiger partial charge in [0, 0.05) is 52.0 Å². The molecule has 1 fully saturated rings. The summed E-state index contributed by atoms with van der Waals surface area (Å²) in [5, 5.41) is 2.82. The van der Waals surface area contributed by atoms with Crippen LogP contribution in [-0.2, 0) is 13.6 Å². The molecule has 1 N–H and O–H groups in total. The molecule has 2 aromatic heterocycles. The average Bonchev–Trinajstić information content (AvgIpc) is 2.88. The number of rotatable bonds is 8. The van der Waals surface area contributed by atoms with E-state index in [4.69, 9.17) is 0 Å². The van der Waals surface area contributed by atoms with Gasteiger partial charge in [-0.3, -0.25) is 23.9 Å². The molecule has 0 unspecified atom stereocenters. The largest absolute Gasteiger partial charge is 0.573 e. The van der Waals surface area contributed by atoms with E-state index >= 15 is 0 Å². The number of nitrogens with one attached hydrogen (secondary N) is 1. The van der Waals surface area contributed by atoms with Gasteiger partial charge in [0.2, 0.25) is 0 Å². The number of aryl methyl sites for hydroxylation is 1. The Hall–Kier alpha value is -3.71. The Balaban J connectivity index is 1.48. The number of carbonyl (C=O) groups is 1. The van der Waals surface area contributed by atoms with Crippen LogP contribution in [0.25, 0.3) is 11.2 Å². The zero-order chi connectivity index (χ0) is 28.3. The van der Waals surface area contributed by atoms with E-state index < -0.39 is 17.5 Å². The fourth-order valence-corrected chi connectivity index (χ4v) is 4.68. The van der Waals surface area contributed by atoms with E-state index in [-0.39, 0.29) is 17.7 Å². The zero-order valence-electron chi connectivity index (χ0n) is 22.0. The van der Waals surface area contributed by atoms with E-state index in [1.54, 1.807) is 18.2 Å². The van der Waals surface area contributed by atoms with Crippen LogP contribution in [0.2, 0.25) is 0 Å². The molecule has 13 heteroatoms. The summed E-state index contributed by atoms with van der Waals surface area (Å²) in [4.78, 5) is 46.9. The molecule has 0 aliphatic carbocycles. The Morgan fingerprint density at radius 2 is 1.79 bits per heavy atom. The van der Waals surface area contributed by atoms with E-state index in [1.807, 2.05) is 19.0 Å². The van der Waals surface area contributed by atoms with E-state index in [1.165, 1.54) is 34.5 Å². The number of aromatic nitrogens is 3. The van der Waals surface area contributed by atoms with Crippen LogP contribution in [-0.4, -0.2) is 76.5 Å². The molecule has 0 bridgehead atoms. The van der Waals surface area contributed by atoms with E-state index in [0.717, 1.165) is 5.56 Å². The number of carbonyl (C=O) groups excluding carboxylic acids is 1. The minimum absolute atomic E-state index is 0.264. The van der Waals surface area contributed by atoms with E-state index in [2.05, 4.69) is 19.9 Å². The monoisotopic (exact) mass is 548 g/mol. The second-order valence-electron chi connectivity index (χ2n) is 9.86. The zero-order valence-corrected chi connectivity index (χ0v) is 22.0. The summed E-state index contributed by atoms with van der Waals surface area (Å²) in [5.41, 5.74) is 0.492. The lowest BCUT2D eigenvalue weighted by molar-refractivity contribution is -0.274. The van der Waals surface area contributed by atoms with Crippen LogP contribution in [0.1, 0.15) is 34.8 Å². The molecule has 1 aliphatic rings. The number of benzene rings is 1. The summed E-state index contributed by atoms with van der Waals surface area (Å²) in [5.74, 6) is -0.591. The first-order valence-electron chi connectivity index (χ1n) is 12.5. The van der Waals surface area contributed by atoms with Crippen molar-refractivity contribution >= 4 is 17.1 Å². The second-order valence-corrected chi connectivity index (χ2v) is 9.86. The molecule has 3 aromatic rings. The minimum Gasteiger partial charge on any atom is -0.406 e. The van der Waals surface area contributed by atoms with Gasteiger partial charge in [-0.2, -0.15) is 0 Å². The number of pyridine rings is 1. The molecule has 3 heterocycles. The van der Waals surface area contributed by atoms with Gasteiger partial charge in [-0.05, 0) is 50.7 Å². The maximum absolute atomic E-state index is 13.0. The Morgan fingerprint density at radius 1 is 1.13 bits per heavy atom. The van der Waals surface area contributed by atoms with Crippen LogP contribution in [0.5, 0.6) is 5.75 Å². The highest BCUT2D eigenvalue weighted by atomic mass is 19.4. The highest BCUT2D eigenvalue weighted by molar-refractivity contribution is 5.96. The van der Waals surface area contributed by atoms with Crippen LogP contribution >= 0.6 is 0 Å². The molecule has 0 spiro atoms. The Labute approximate surface area is 222 Å². The quantitative estimate of drug-likeness (QED) is 0.431. The van der Waals surface area contributed by atoms with Crippen molar-refractivity contribution in [1.82, 2.24) is 29.2 Å². The summed E-state index contributed by atoms with van der Waals surface area (Å²) in [7, 11) is 5.29. The van der Waals surface area contributed by atoms with Crippen molar-refractivity contribution in [2.45, 2.75) is 31.8 Å². The number of fused-ring (bicyclic) bond motifs is 1. The highest BCUT2D eigenvalue weighted by Gasteiger charge is 2.31. The van der Waals surface area contributed by atoms with Crippen molar-refractivity contribution in [1.29, 1.82) is 0 Å². The molecule has 0 radical (unpaired) electrons. The smallest absolute Gasteiger partial charge is 0.406 e. The summed E-state index contributed by atoms with van der Waals surface area (Å²) < 4.78 is 43.7. The summed E-state index contributed by atoms with van der Waals surface area (Å²) in [6, 6.07) is 7.05. The summed E-state index contributed by atoms with van der Waals surface area (Å²) >= 11 is 0. The molecule has 1 aliphatic heterocycles. The van der Waals surface area contributed by atoms with Crippen LogP contribution in [0.4, 0.5) is 13.2 Å². The number of piperidine rings is 1. The standard InChI is InChI=1S/C26H31F3N6O4/c1-32(2)13-10-30-23(36)18-14-21-22(31-15-18)35(25(38)24(37)33(21)3)19-8-11-34(12-9-19)16-17-4-6-20(7-5-17)39-26(27,28)29/h4-7,14-15,19H,8-13,16H2,1-3H3,(H,30,36). The minimum atomic E-state index is -4.74. The molecular weight excluding hydrogens is 517 g/mol. The van der Waals surface area contributed by atoms with Crippen LogP contribution in [0.3, 0.4) is 0 Å². The molecule has 210 valence electrons. The van der Waals surface area contributed by atoms with Gasteiger partial charge in [-0.15, -0.1) is 13.2 Å². The second kappa shape index (κ2) is 11.6. The number of alkyl halides is 3.